The fraction of sp³-hybridized carbons (Fsp3) is 0.111. The molecule has 3 rings (SSSR count). The van der Waals surface area contributed by atoms with Gasteiger partial charge in [0.15, 0.2) is 16.7 Å². The second kappa shape index (κ2) is 7.40. The minimum absolute atomic E-state index is 0.254. The number of para-hydroxylation sites is 1. The van der Waals surface area contributed by atoms with Crippen LogP contribution in [0, 0.1) is 5.82 Å². The van der Waals surface area contributed by atoms with Gasteiger partial charge in [-0.3, -0.25) is 4.79 Å². The van der Waals surface area contributed by atoms with Crippen molar-refractivity contribution in [3.05, 3.63) is 58.8 Å². The number of hydrogen-bond acceptors (Lipinski definition) is 5. The predicted molar refractivity (Wildman–Crippen MR) is 96.8 cm³/mol. The summed E-state index contributed by atoms with van der Waals surface area (Å²) in [7, 11) is 3.10. The van der Waals surface area contributed by atoms with Crippen molar-refractivity contribution < 1.29 is 18.7 Å². The number of halogens is 1. The normalized spacial score (nSPS) is 17.0. The van der Waals surface area contributed by atoms with Crippen molar-refractivity contribution >= 4 is 34.6 Å². The van der Waals surface area contributed by atoms with E-state index >= 15 is 0 Å². The van der Waals surface area contributed by atoms with E-state index in [1.807, 2.05) is 12.1 Å². The summed E-state index contributed by atoms with van der Waals surface area (Å²) in [6.45, 7) is 0. The first-order chi connectivity index (χ1) is 12.1. The first kappa shape index (κ1) is 17.0. The monoisotopic (exact) mass is 358 g/mol. The predicted octanol–water partition coefficient (Wildman–Crippen LogP) is 3.73. The molecule has 0 aromatic heterocycles. The van der Waals surface area contributed by atoms with Crippen molar-refractivity contribution in [1.29, 1.82) is 0 Å². The molecule has 1 N–H and O–H groups in total. The van der Waals surface area contributed by atoms with Crippen LogP contribution in [-0.2, 0) is 4.79 Å². The second-order valence-electron chi connectivity index (χ2n) is 5.04. The highest BCUT2D eigenvalue weighted by molar-refractivity contribution is 8.18. The van der Waals surface area contributed by atoms with Crippen molar-refractivity contribution in [1.82, 2.24) is 5.32 Å². The van der Waals surface area contributed by atoms with Gasteiger partial charge in [0.2, 0.25) is 0 Å². The number of hydrogen-bond donors (Lipinski definition) is 1. The number of benzene rings is 2. The van der Waals surface area contributed by atoms with Gasteiger partial charge in [-0.25, -0.2) is 9.38 Å². The molecule has 0 saturated carbocycles. The molecule has 0 unspecified atom stereocenters. The number of amidine groups is 1. The maximum atomic E-state index is 12.9. The van der Waals surface area contributed by atoms with Crippen LogP contribution in [0.4, 0.5) is 10.1 Å². The van der Waals surface area contributed by atoms with Crippen molar-refractivity contribution in [3.63, 3.8) is 0 Å². The lowest BCUT2D eigenvalue weighted by Crippen LogP contribution is -2.19. The number of thioether (sulfide) groups is 1. The average molecular weight is 358 g/mol. The lowest BCUT2D eigenvalue weighted by atomic mass is 10.1. The third-order valence-electron chi connectivity index (χ3n) is 3.43. The Bertz CT molecular complexity index is 863. The molecule has 2 aromatic rings. The largest absolute Gasteiger partial charge is 0.493 e. The van der Waals surface area contributed by atoms with E-state index in [1.165, 1.54) is 23.9 Å². The molecular formula is C18H15FN2O3S. The molecule has 1 fully saturated rings. The summed E-state index contributed by atoms with van der Waals surface area (Å²) in [4.78, 5) is 17.0. The summed E-state index contributed by atoms with van der Waals surface area (Å²) in [5, 5.41) is 3.13. The minimum Gasteiger partial charge on any atom is -0.493 e. The fourth-order valence-electron chi connectivity index (χ4n) is 2.28. The summed E-state index contributed by atoms with van der Waals surface area (Å²) in [5.74, 6) is 0.545. The first-order valence-electron chi connectivity index (χ1n) is 7.37. The molecule has 0 radical (unpaired) electrons. The van der Waals surface area contributed by atoms with Gasteiger partial charge in [-0.1, -0.05) is 12.1 Å². The van der Waals surface area contributed by atoms with Gasteiger partial charge in [-0.05, 0) is 48.2 Å². The Morgan fingerprint density at radius 3 is 2.56 bits per heavy atom. The van der Waals surface area contributed by atoms with E-state index in [0.717, 1.165) is 5.56 Å². The SMILES string of the molecule is COc1cccc(C=C2SC(=Nc3ccc(F)cc3)NC2=O)c1OC. The van der Waals surface area contributed by atoms with Gasteiger partial charge < -0.3 is 14.8 Å². The van der Waals surface area contributed by atoms with Crippen LogP contribution < -0.4 is 14.8 Å². The van der Waals surface area contributed by atoms with E-state index in [-0.39, 0.29) is 11.7 Å². The molecule has 1 aliphatic rings. The third-order valence-corrected chi connectivity index (χ3v) is 4.34. The highest BCUT2D eigenvalue weighted by atomic mass is 32.2. The number of aliphatic imine (C=N–C) groups is 1. The maximum absolute atomic E-state index is 12.9. The number of nitrogens with zero attached hydrogens (tertiary/aromatic N) is 1. The van der Waals surface area contributed by atoms with Crippen molar-refractivity contribution in [2.45, 2.75) is 0 Å². The molecule has 0 bridgehead atoms. The van der Waals surface area contributed by atoms with Gasteiger partial charge >= 0.3 is 0 Å². The molecular weight excluding hydrogens is 343 g/mol. The number of methoxy groups -OCH3 is 2. The molecule has 1 aliphatic heterocycles. The van der Waals surface area contributed by atoms with Gasteiger partial charge in [-0.15, -0.1) is 0 Å². The zero-order valence-corrected chi connectivity index (χ0v) is 14.4. The van der Waals surface area contributed by atoms with E-state index in [2.05, 4.69) is 10.3 Å². The summed E-state index contributed by atoms with van der Waals surface area (Å²) in [6, 6.07) is 11.2. The highest BCUT2D eigenvalue weighted by Gasteiger charge is 2.24. The van der Waals surface area contributed by atoms with E-state index in [1.54, 1.807) is 38.5 Å². The van der Waals surface area contributed by atoms with Crippen LogP contribution >= 0.6 is 11.8 Å². The standard InChI is InChI=1S/C18H15FN2O3S/c1-23-14-5-3-4-11(16(14)24-2)10-15-17(22)21-18(25-15)20-13-8-6-12(19)7-9-13/h3-10H,1-2H3,(H,20,21,22). The Kier molecular flexibility index (Phi) is 5.04. The molecule has 5 nitrogen and oxygen atoms in total. The summed E-state index contributed by atoms with van der Waals surface area (Å²) >= 11 is 1.21. The number of rotatable bonds is 4. The number of carbonyl (C=O) groups excluding carboxylic acids is 1. The Morgan fingerprint density at radius 2 is 1.88 bits per heavy atom. The highest BCUT2D eigenvalue weighted by Crippen LogP contribution is 2.35. The van der Waals surface area contributed by atoms with Gasteiger partial charge in [0.1, 0.15) is 5.82 Å². The molecule has 25 heavy (non-hydrogen) atoms. The molecule has 2 aromatic carbocycles. The van der Waals surface area contributed by atoms with Crippen molar-refractivity contribution in [2.75, 3.05) is 14.2 Å². The van der Waals surface area contributed by atoms with Crippen LogP contribution in [0.5, 0.6) is 11.5 Å². The summed E-state index contributed by atoms with van der Waals surface area (Å²) < 4.78 is 23.6. The quantitative estimate of drug-likeness (QED) is 0.846. The van der Waals surface area contributed by atoms with Gasteiger partial charge in [-0.2, -0.15) is 0 Å². The summed E-state index contributed by atoms with van der Waals surface area (Å²) in [5.41, 5.74) is 1.28. The smallest absolute Gasteiger partial charge is 0.264 e. The number of ether oxygens (including phenoxy) is 2. The number of carbonyl (C=O) groups is 1. The lowest BCUT2D eigenvalue weighted by molar-refractivity contribution is -0.115. The second-order valence-corrected chi connectivity index (χ2v) is 6.07. The number of amides is 1. The van der Waals surface area contributed by atoms with E-state index in [0.29, 0.717) is 27.3 Å². The Balaban J connectivity index is 1.88. The van der Waals surface area contributed by atoms with Crippen LogP contribution in [-0.4, -0.2) is 25.3 Å². The van der Waals surface area contributed by atoms with Crippen LogP contribution in [0.2, 0.25) is 0 Å². The zero-order chi connectivity index (χ0) is 17.8. The summed E-state index contributed by atoms with van der Waals surface area (Å²) in [6.07, 6.45) is 1.72. The number of nitrogens with one attached hydrogen (secondary N) is 1. The van der Waals surface area contributed by atoms with Crippen LogP contribution in [0.25, 0.3) is 6.08 Å². The fourth-order valence-corrected chi connectivity index (χ4v) is 3.11. The van der Waals surface area contributed by atoms with Crippen LogP contribution in [0.3, 0.4) is 0 Å². The Hall–Kier alpha value is -2.80. The van der Waals surface area contributed by atoms with E-state index in [4.69, 9.17) is 9.47 Å². The molecule has 0 aliphatic carbocycles. The topological polar surface area (TPSA) is 59.9 Å². The van der Waals surface area contributed by atoms with Crippen LogP contribution in [0.1, 0.15) is 5.56 Å². The molecule has 1 heterocycles. The third kappa shape index (κ3) is 3.83. The molecule has 1 amide bonds. The van der Waals surface area contributed by atoms with Gasteiger partial charge in [0, 0.05) is 5.56 Å². The molecule has 1 saturated heterocycles. The van der Waals surface area contributed by atoms with E-state index < -0.39 is 0 Å². The van der Waals surface area contributed by atoms with Crippen LogP contribution in [0.15, 0.2) is 52.4 Å². The molecule has 0 atom stereocenters. The van der Waals surface area contributed by atoms with E-state index in [9.17, 15) is 9.18 Å². The van der Waals surface area contributed by atoms with Crippen molar-refractivity contribution in [3.8, 4) is 11.5 Å². The molecule has 128 valence electrons. The first-order valence-corrected chi connectivity index (χ1v) is 8.18. The maximum Gasteiger partial charge on any atom is 0.264 e. The van der Waals surface area contributed by atoms with Gasteiger partial charge in [0.25, 0.3) is 5.91 Å². The Labute approximate surface area is 148 Å². The average Bonchev–Trinajstić information content (AvgIpc) is 2.95. The lowest BCUT2D eigenvalue weighted by Gasteiger charge is -2.10. The molecule has 0 spiro atoms. The Morgan fingerprint density at radius 1 is 1.12 bits per heavy atom. The van der Waals surface area contributed by atoms with Crippen molar-refractivity contribution in [2.24, 2.45) is 4.99 Å². The zero-order valence-electron chi connectivity index (χ0n) is 13.6. The minimum atomic E-state index is -0.335. The molecule has 7 heteroatoms. The van der Waals surface area contributed by atoms with Gasteiger partial charge in [0.05, 0.1) is 24.8 Å².